The molecule has 1 rings (SSSR count). The molecule has 0 amide bonds. The fourth-order valence-electron chi connectivity index (χ4n) is 1.44. The molecule has 0 aliphatic rings. The Kier molecular flexibility index (Phi) is 5.08. The molecule has 98 valence electrons. The van der Waals surface area contributed by atoms with Crippen LogP contribution in [0.1, 0.15) is 31.9 Å². The lowest BCUT2D eigenvalue weighted by molar-refractivity contribution is -0.148. The first kappa shape index (κ1) is 14.7. The van der Waals surface area contributed by atoms with E-state index < -0.39 is 5.60 Å². The Bertz CT molecular complexity index is 543. The van der Waals surface area contributed by atoms with Gasteiger partial charge in [-0.15, -0.1) is 0 Å². The van der Waals surface area contributed by atoms with Crippen molar-refractivity contribution >= 4 is 18.1 Å². The molecule has 1 aromatic carbocycles. The van der Waals surface area contributed by atoms with Crippen molar-refractivity contribution < 1.29 is 9.53 Å². The monoisotopic (exact) mass is 255 g/mol. The average Bonchev–Trinajstić information content (AvgIpc) is 2.32. The molecule has 0 aliphatic heterocycles. The van der Waals surface area contributed by atoms with E-state index in [4.69, 9.17) is 10.00 Å². The molecule has 0 N–H and O–H groups in total. The molecular weight excluding hydrogens is 238 g/mol. The van der Waals surface area contributed by atoms with Crippen LogP contribution in [0.4, 0.5) is 0 Å². The molecule has 0 unspecified atom stereocenters. The van der Waals surface area contributed by atoms with E-state index in [1.807, 2.05) is 51.1 Å². The number of esters is 1. The molecule has 3 heteroatoms. The maximum absolute atomic E-state index is 11.6. The molecule has 0 saturated heterocycles. The molecule has 0 bridgehead atoms. The van der Waals surface area contributed by atoms with E-state index in [9.17, 15) is 4.79 Å². The van der Waals surface area contributed by atoms with Crippen LogP contribution in [0.25, 0.3) is 12.2 Å². The second-order valence-corrected chi connectivity index (χ2v) is 4.96. The van der Waals surface area contributed by atoms with Crippen molar-refractivity contribution in [3.8, 4) is 6.07 Å². The van der Waals surface area contributed by atoms with Crippen LogP contribution < -0.4 is 0 Å². The van der Waals surface area contributed by atoms with Gasteiger partial charge in [0.2, 0.25) is 0 Å². The number of carbonyl (C=O) groups excluding carboxylic acids is 1. The smallest absolute Gasteiger partial charge is 0.331 e. The molecule has 0 atom stereocenters. The quantitative estimate of drug-likeness (QED) is 0.471. The normalized spacial score (nSPS) is 11.7. The molecule has 1 aromatic rings. The van der Waals surface area contributed by atoms with Gasteiger partial charge in [0.05, 0.1) is 6.07 Å². The number of nitriles is 1. The number of allylic oxidation sites excluding steroid dienone is 1. The molecule has 3 nitrogen and oxygen atoms in total. The van der Waals surface area contributed by atoms with Crippen molar-refractivity contribution in [2.45, 2.75) is 26.4 Å². The third-order valence-corrected chi connectivity index (χ3v) is 2.14. The molecule has 0 spiro atoms. The van der Waals surface area contributed by atoms with Gasteiger partial charge in [0, 0.05) is 12.2 Å². The molecule has 19 heavy (non-hydrogen) atoms. The van der Waals surface area contributed by atoms with Crippen molar-refractivity contribution in [2.24, 2.45) is 0 Å². The second kappa shape index (κ2) is 6.55. The predicted molar refractivity (Wildman–Crippen MR) is 76.0 cm³/mol. The van der Waals surface area contributed by atoms with E-state index in [1.165, 1.54) is 12.2 Å². The highest BCUT2D eigenvalue weighted by Crippen LogP contribution is 2.13. The number of ether oxygens (including phenoxy) is 1. The summed E-state index contributed by atoms with van der Waals surface area (Å²) >= 11 is 0. The summed E-state index contributed by atoms with van der Waals surface area (Å²) < 4.78 is 5.18. The summed E-state index contributed by atoms with van der Waals surface area (Å²) in [5.41, 5.74) is 1.24. The van der Waals surface area contributed by atoms with Crippen LogP contribution in [0.15, 0.2) is 36.4 Å². The number of nitrogens with zero attached hydrogens (tertiary/aromatic N) is 1. The molecule has 0 fully saturated rings. The number of carbonyl (C=O) groups is 1. The minimum Gasteiger partial charge on any atom is -0.457 e. The zero-order chi connectivity index (χ0) is 14.3. The highest BCUT2D eigenvalue weighted by Gasteiger charge is 2.13. The largest absolute Gasteiger partial charge is 0.457 e. The highest BCUT2D eigenvalue weighted by atomic mass is 16.6. The van der Waals surface area contributed by atoms with E-state index in [0.717, 1.165) is 11.1 Å². The second-order valence-electron chi connectivity index (χ2n) is 4.96. The van der Waals surface area contributed by atoms with Gasteiger partial charge in [0.1, 0.15) is 5.60 Å². The molecule has 0 radical (unpaired) electrons. The first-order chi connectivity index (χ1) is 8.92. The van der Waals surface area contributed by atoms with Gasteiger partial charge in [-0.25, -0.2) is 4.79 Å². The Morgan fingerprint density at radius 1 is 1.21 bits per heavy atom. The first-order valence-corrected chi connectivity index (χ1v) is 5.98. The van der Waals surface area contributed by atoms with Gasteiger partial charge in [0.15, 0.2) is 0 Å². The maximum Gasteiger partial charge on any atom is 0.331 e. The Morgan fingerprint density at radius 3 is 2.32 bits per heavy atom. The van der Waals surface area contributed by atoms with Gasteiger partial charge in [0.25, 0.3) is 0 Å². The highest BCUT2D eigenvalue weighted by molar-refractivity contribution is 5.88. The van der Waals surface area contributed by atoms with Gasteiger partial charge in [-0.1, -0.05) is 24.3 Å². The Hall–Kier alpha value is -2.34. The zero-order valence-corrected chi connectivity index (χ0v) is 11.4. The van der Waals surface area contributed by atoms with Crippen molar-refractivity contribution in [3.05, 3.63) is 47.5 Å². The summed E-state index contributed by atoms with van der Waals surface area (Å²) in [5.74, 6) is -0.383. The van der Waals surface area contributed by atoms with Gasteiger partial charge < -0.3 is 4.74 Å². The summed E-state index contributed by atoms with van der Waals surface area (Å²) in [5, 5.41) is 8.54. The van der Waals surface area contributed by atoms with Crippen molar-refractivity contribution in [3.63, 3.8) is 0 Å². The average molecular weight is 255 g/mol. The third kappa shape index (κ3) is 5.69. The van der Waals surface area contributed by atoms with Crippen LogP contribution >= 0.6 is 0 Å². The van der Waals surface area contributed by atoms with Gasteiger partial charge in [-0.3, -0.25) is 0 Å². The standard InChI is InChI=1S/C16H17NO2/c1-16(2,3)19-15(18)11-10-14-8-5-4-7-13(14)9-6-12-17/h4-11H,1-3H3/b9-6+,11-10+. The molecule has 0 heterocycles. The van der Waals surface area contributed by atoms with Crippen LogP contribution in [-0.4, -0.2) is 11.6 Å². The summed E-state index contributed by atoms with van der Waals surface area (Å²) in [6, 6.07) is 9.44. The molecule has 0 aliphatic carbocycles. The summed E-state index contributed by atoms with van der Waals surface area (Å²) in [4.78, 5) is 11.6. The lowest BCUT2D eigenvalue weighted by Gasteiger charge is -2.17. The van der Waals surface area contributed by atoms with Crippen molar-refractivity contribution in [1.29, 1.82) is 5.26 Å². The van der Waals surface area contributed by atoms with E-state index >= 15 is 0 Å². The Morgan fingerprint density at radius 2 is 1.79 bits per heavy atom. The Balaban J connectivity index is 2.85. The van der Waals surface area contributed by atoms with Crippen molar-refractivity contribution in [1.82, 2.24) is 0 Å². The third-order valence-electron chi connectivity index (χ3n) is 2.14. The van der Waals surface area contributed by atoms with E-state index in [-0.39, 0.29) is 5.97 Å². The van der Waals surface area contributed by atoms with E-state index in [2.05, 4.69) is 0 Å². The summed E-state index contributed by atoms with van der Waals surface area (Å²) in [7, 11) is 0. The lowest BCUT2D eigenvalue weighted by Crippen LogP contribution is -2.22. The SMILES string of the molecule is CC(C)(C)OC(=O)/C=C/c1ccccc1/C=C/C#N. The van der Waals surface area contributed by atoms with Crippen LogP contribution in [0.2, 0.25) is 0 Å². The number of hydrogen-bond donors (Lipinski definition) is 0. The predicted octanol–water partition coefficient (Wildman–Crippen LogP) is 3.58. The number of hydrogen-bond acceptors (Lipinski definition) is 3. The number of benzene rings is 1. The molecule has 0 saturated carbocycles. The summed E-state index contributed by atoms with van der Waals surface area (Å²) in [6.07, 6.45) is 6.18. The van der Waals surface area contributed by atoms with Gasteiger partial charge >= 0.3 is 5.97 Å². The van der Waals surface area contributed by atoms with Crippen LogP contribution in [0, 0.1) is 11.3 Å². The first-order valence-electron chi connectivity index (χ1n) is 5.98. The lowest BCUT2D eigenvalue weighted by atomic mass is 10.1. The van der Waals surface area contributed by atoms with Crippen LogP contribution in [0.3, 0.4) is 0 Å². The fraction of sp³-hybridized carbons (Fsp3) is 0.250. The Labute approximate surface area is 113 Å². The number of rotatable bonds is 3. The van der Waals surface area contributed by atoms with Crippen molar-refractivity contribution in [2.75, 3.05) is 0 Å². The molecule has 0 aromatic heterocycles. The summed E-state index contributed by atoms with van der Waals surface area (Å²) in [6.45, 7) is 5.47. The van der Waals surface area contributed by atoms with E-state index in [1.54, 1.807) is 12.2 Å². The van der Waals surface area contributed by atoms with Crippen LogP contribution in [0.5, 0.6) is 0 Å². The fourth-order valence-corrected chi connectivity index (χ4v) is 1.44. The van der Waals surface area contributed by atoms with E-state index in [0.29, 0.717) is 0 Å². The topological polar surface area (TPSA) is 50.1 Å². The van der Waals surface area contributed by atoms with Gasteiger partial charge in [-0.05, 0) is 44.1 Å². The molecular formula is C16H17NO2. The maximum atomic E-state index is 11.6. The minimum absolute atomic E-state index is 0.383. The zero-order valence-electron chi connectivity index (χ0n) is 11.4. The minimum atomic E-state index is -0.498. The van der Waals surface area contributed by atoms with Gasteiger partial charge in [-0.2, -0.15) is 5.26 Å². The van der Waals surface area contributed by atoms with Crippen LogP contribution in [-0.2, 0) is 9.53 Å².